The van der Waals surface area contributed by atoms with E-state index in [2.05, 4.69) is 0 Å². The van der Waals surface area contributed by atoms with Crippen molar-refractivity contribution in [3.05, 3.63) is 0 Å². The molecule has 0 saturated heterocycles. The Morgan fingerprint density at radius 2 is 1.55 bits per heavy atom. The first-order chi connectivity index (χ1) is 4.95. The van der Waals surface area contributed by atoms with Gasteiger partial charge in [0, 0.05) is 0 Å². The van der Waals surface area contributed by atoms with Crippen molar-refractivity contribution in [1.29, 1.82) is 0 Å². The van der Waals surface area contributed by atoms with Crippen LogP contribution in [0, 0.1) is 0 Å². The highest BCUT2D eigenvalue weighted by atomic mass is 16.4. The lowest BCUT2D eigenvalue weighted by Crippen LogP contribution is -2.49. The Hall–Kier alpha value is -1.39. The van der Waals surface area contributed by atoms with Crippen LogP contribution in [0.15, 0.2) is 0 Å². The molecule has 5 heteroatoms. The van der Waals surface area contributed by atoms with Crippen LogP contribution in [0.2, 0.25) is 0 Å². The van der Waals surface area contributed by atoms with Gasteiger partial charge in [-0.1, -0.05) is 0 Å². The maximum absolute atomic E-state index is 10.5. The smallest absolute Gasteiger partial charge is 0.159 e. The van der Waals surface area contributed by atoms with Crippen LogP contribution in [-0.2, 0) is 9.59 Å². The number of amides is 1. The molecule has 0 unspecified atom stereocenters. The van der Waals surface area contributed by atoms with Crippen LogP contribution in [-0.4, -0.2) is 23.7 Å². The number of rotatable bonds is 3. The van der Waals surface area contributed by atoms with Gasteiger partial charge in [0.05, 0.1) is 0 Å². The van der Waals surface area contributed by atoms with Gasteiger partial charge in [0.25, 0.3) is 0 Å². The summed E-state index contributed by atoms with van der Waals surface area (Å²) in [6.45, 7) is 2.25. The summed E-state index contributed by atoms with van der Waals surface area (Å²) < 4.78 is 0. The van der Waals surface area contributed by atoms with Gasteiger partial charge in [0.1, 0.15) is 12.1 Å². The standard InChI is InChI=1S/C6H9NO4/c1-3(8)5(4(2)9)7-6(10)11/h5,7H,1-2H3,(H,10,11)/p-1. The molecule has 1 N–H and O–H groups in total. The Morgan fingerprint density at radius 3 is 1.64 bits per heavy atom. The molecule has 11 heavy (non-hydrogen) atoms. The molecule has 0 aliphatic rings. The third-order valence-corrected chi connectivity index (χ3v) is 1.08. The van der Waals surface area contributed by atoms with Crippen molar-refractivity contribution in [2.45, 2.75) is 19.9 Å². The van der Waals surface area contributed by atoms with Gasteiger partial charge in [-0.15, -0.1) is 0 Å². The van der Waals surface area contributed by atoms with E-state index in [0.29, 0.717) is 0 Å². The number of Topliss-reactive ketones (excluding diaryl/α,β-unsaturated/α-hetero) is 2. The van der Waals surface area contributed by atoms with Gasteiger partial charge in [-0.25, -0.2) is 0 Å². The second kappa shape index (κ2) is 3.70. The summed E-state index contributed by atoms with van der Waals surface area (Å²) in [6, 6.07) is -1.28. The molecule has 0 atom stereocenters. The predicted octanol–water partition coefficient (Wildman–Crippen LogP) is -1.53. The van der Waals surface area contributed by atoms with Crippen molar-refractivity contribution in [3.8, 4) is 0 Å². The van der Waals surface area contributed by atoms with Gasteiger partial charge in [0.15, 0.2) is 11.6 Å². The van der Waals surface area contributed by atoms with E-state index in [1.165, 1.54) is 0 Å². The minimum atomic E-state index is -1.62. The third kappa shape index (κ3) is 3.34. The molecular weight excluding hydrogens is 150 g/mol. The first-order valence-corrected chi connectivity index (χ1v) is 2.93. The summed E-state index contributed by atoms with van der Waals surface area (Å²) >= 11 is 0. The molecule has 0 saturated carbocycles. The molecular formula is C6H8NO4-. The van der Waals surface area contributed by atoms with Crippen LogP contribution in [0.1, 0.15) is 13.8 Å². The molecule has 0 aromatic heterocycles. The highest BCUT2D eigenvalue weighted by Crippen LogP contribution is 1.86. The molecule has 0 radical (unpaired) electrons. The van der Waals surface area contributed by atoms with Crippen molar-refractivity contribution in [2.24, 2.45) is 0 Å². The molecule has 1 amide bonds. The zero-order chi connectivity index (χ0) is 9.02. The largest absolute Gasteiger partial charge is 0.530 e. The lowest BCUT2D eigenvalue weighted by Gasteiger charge is -2.13. The van der Waals surface area contributed by atoms with Gasteiger partial charge in [-0.05, 0) is 13.8 Å². The number of carbonyl (C=O) groups is 3. The molecule has 0 aliphatic carbocycles. The quantitative estimate of drug-likeness (QED) is 0.504. The monoisotopic (exact) mass is 158 g/mol. The van der Waals surface area contributed by atoms with E-state index in [-0.39, 0.29) is 0 Å². The van der Waals surface area contributed by atoms with Gasteiger partial charge >= 0.3 is 0 Å². The van der Waals surface area contributed by atoms with Crippen molar-refractivity contribution in [3.63, 3.8) is 0 Å². The van der Waals surface area contributed by atoms with E-state index in [1.54, 1.807) is 5.32 Å². The Morgan fingerprint density at radius 1 is 1.18 bits per heavy atom. The molecule has 0 spiro atoms. The van der Waals surface area contributed by atoms with Gasteiger partial charge < -0.3 is 15.2 Å². The van der Waals surface area contributed by atoms with E-state index >= 15 is 0 Å². The van der Waals surface area contributed by atoms with Gasteiger partial charge in [-0.2, -0.15) is 0 Å². The van der Waals surface area contributed by atoms with Crippen LogP contribution < -0.4 is 10.4 Å². The Labute approximate surface area is 63.4 Å². The van der Waals surface area contributed by atoms with Crippen molar-refractivity contribution in [2.75, 3.05) is 0 Å². The molecule has 5 nitrogen and oxygen atoms in total. The maximum atomic E-state index is 10.5. The van der Waals surface area contributed by atoms with Crippen LogP contribution in [0.4, 0.5) is 4.79 Å². The average molecular weight is 158 g/mol. The molecule has 0 fully saturated rings. The summed E-state index contributed by atoms with van der Waals surface area (Å²) in [7, 11) is 0. The van der Waals surface area contributed by atoms with E-state index < -0.39 is 23.7 Å². The Balaban J connectivity index is 4.23. The van der Waals surface area contributed by atoms with Crippen molar-refractivity contribution < 1.29 is 19.5 Å². The second-order valence-electron chi connectivity index (χ2n) is 2.09. The topological polar surface area (TPSA) is 86.3 Å². The fraction of sp³-hybridized carbons (Fsp3) is 0.500. The predicted molar refractivity (Wildman–Crippen MR) is 33.7 cm³/mol. The number of carboxylic acid groups (broad SMARTS) is 1. The van der Waals surface area contributed by atoms with Crippen LogP contribution in [0.3, 0.4) is 0 Å². The van der Waals surface area contributed by atoms with E-state index in [1.807, 2.05) is 0 Å². The summed E-state index contributed by atoms with van der Waals surface area (Å²) in [6.07, 6.45) is -1.62. The number of carbonyl (C=O) groups excluding carboxylic acids is 3. The van der Waals surface area contributed by atoms with Crippen LogP contribution in [0.25, 0.3) is 0 Å². The molecule has 0 rings (SSSR count). The lowest BCUT2D eigenvalue weighted by atomic mass is 10.1. The number of hydrogen-bond donors (Lipinski definition) is 1. The highest BCUT2D eigenvalue weighted by molar-refractivity contribution is 6.06. The van der Waals surface area contributed by atoms with Crippen LogP contribution in [0.5, 0.6) is 0 Å². The van der Waals surface area contributed by atoms with Crippen LogP contribution >= 0.6 is 0 Å². The summed E-state index contributed by atoms with van der Waals surface area (Å²) in [5.74, 6) is -1.08. The fourth-order valence-corrected chi connectivity index (χ4v) is 0.607. The number of nitrogens with one attached hydrogen (secondary N) is 1. The first-order valence-electron chi connectivity index (χ1n) is 2.93. The van der Waals surface area contributed by atoms with Gasteiger partial charge in [0.2, 0.25) is 0 Å². The average Bonchev–Trinajstić information content (AvgIpc) is 1.81. The molecule has 0 aromatic carbocycles. The molecule has 62 valence electrons. The third-order valence-electron chi connectivity index (χ3n) is 1.08. The highest BCUT2D eigenvalue weighted by Gasteiger charge is 2.17. The summed E-state index contributed by atoms with van der Waals surface area (Å²) in [4.78, 5) is 31.0. The molecule has 0 bridgehead atoms. The lowest BCUT2D eigenvalue weighted by molar-refractivity contribution is -0.251. The molecule has 0 aliphatic heterocycles. The second-order valence-corrected chi connectivity index (χ2v) is 2.09. The van der Waals surface area contributed by atoms with E-state index in [0.717, 1.165) is 13.8 Å². The summed E-state index contributed by atoms with van der Waals surface area (Å²) in [5, 5.41) is 11.6. The molecule has 0 heterocycles. The minimum Gasteiger partial charge on any atom is -0.530 e. The summed E-state index contributed by atoms with van der Waals surface area (Å²) in [5.41, 5.74) is 0. The molecule has 0 aromatic rings. The first kappa shape index (κ1) is 9.61. The van der Waals surface area contributed by atoms with Gasteiger partial charge in [-0.3, -0.25) is 9.59 Å². The zero-order valence-electron chi connectivity index (χ0n) is 6.21. The Kier molecular flexibility index (Phi) is 3.23. The number of ketones is 2. The normalized spacial score (nSPS) is 9.36. The van der Waals surface area contributed by atoms with Crippen molar-refractivity contribution >= 4 is 17.7 Å². The SMILES string of the molecule is CC(=O)C(NC(=O)[O-])C(C)=O. The van der Waals surface area contributed by atoms with E-state index in [9.17, 15) is 19.5 Å². The van der Waals surface area contributed by atoms with E-state index in [4.69, 9.17) is 0 Å². The number of hydrogen-bond acceptors (Lipinski definition) is 4. The Bertz CT molecular complexity index is 185. The van der Waals surface area contributed by atoms with Crippen molar-refractivity contribution in [1.82, 2.24) is 5.32 Å². The maximum Gasteiger partial charge on any atom is 0.159 e. The fourth-order valence-electron chi connectivity index (χ4n) is 0.607. The zero-order valence-corrected chi connectivity index (χ0v) is 6.21. The minimum absolute atomic E-state index is 0.540.